The van der Waals surface area contributed by atoms with E-state index < -0.39 is 5.60 Å². The molecular formula is C29H36FN5O2S. The molecule has 1 fully saturated rings. The maximum Gasteiger partial charge on any atom is 0.410 e. The maximum absolute atomic E-state index is 14.4. The molecule has 1 aromatic carbocycles. The van der Waals surface area contributed by atoms with E-state index in [-0.39, 0.29) is 29.8 Å². The Morgan fingerprint density at radius 1 is 1.21 bits per heavy atom. The van der Waals surface area contributed by atoms with E-state index in [1.54, 1.807) is 11.0 Å². The Morgan fingerprint density at radius 2 is 1.97 bits per heavy atom. The van der Waals surface area contributed by atoms with E-state index in [4.69, 9.17) is 14.7 Å². The van der Waals surface area contributed by atoms with Crippen molar-refractivity contribution in [3.05, 3.63) is 46.4 Å². The molecule has 2 heterocycles. The molecule has 1 amide bonds. The minimum absolute atomic E-state index is 0.0831. The normalized spacial score (nSPS) is 23.0. The summed E-state index contributed by atoms with van der Waals surface area (Å²) in [6.45, 7) is 7.18. The molecule has 0 N–H and O–H groups in total. The van der Waals surface area contributed by atoms with Gasteiger partial charge in [-0.1, -0.05) is 23.9 Å². The number of hydrogen-bond acceptors (Lipinski definition) is 7. The van der Waals surface area contributed by atoms with Gasteiger partial charge in [0, 0.05) is 25.2 Å². The molecule has 1 aliphatic heterocycles. The number of aromatic nitrogens is 2. The fourth-order valence-corrected chi connectivity index (χ4v) is 6.65. The number of amides is 1. The highest BCUT2D eigenvalue weighted by atomic mass is 32.2. The minimum atomic E-state index is -0.592. The van der Waals surface area contributed by atoms with Gasteiger partial charge < -0.3 is 14.5 Å². The average Bonchev–Trinajstić information content (AvgIpc) is 2.87. The van der Waals surface area contributed by atoms with E-state index in [0.717, 1.165) is 66.3 Å². The minimum Gasteiger partial charge on any atom is -0.444 e. The summed E-state index contributed by atoms with van der Waals surface area (Å²) in [4.78, 5) is 26.7. The molecule has 0 bridgehead atoms. The first-order valence-corrected chi connectivity index (χ1v) is 14.7. The number of anilines is 1. The van der Waals surface area contributed by atoms with Gasteiger partial charge in [0.1, 0.15) is 17.2 Å². The van der Waals surface area contributed by atoms with Gasteiger partial charge in [-0.15, -0.1) is 0 Å². The topological polar surface area (TPSA) is 82.4 Å². The molecule has 2 atom stereocenters. The third-order valence-corrected chi connectivity index (χ3v) is 8.65. The van der Waals surface area contributed by atoms with Crippen LogP contribution in [-0.2, 0) is 30.4 Å². The largest absolute Gasteiger partial charge is 0.444 e. The van der Waals surface area contributed by atoms with Crippen LogP contribution < -0.4 is 4.90 Å². The van der Waals surface area contributed by atoms with Crippen LogP contribution in [0.5, 0.6) is 0 Å². The lowest BCUT2D eigenvalue weighted by Gasteiger charge is -2.44. The SMILES string of the molecule is CSc1nc2c(c(N3CCN(C(=O)OC(C)(C)C)[C@@H](CC#N)C3)n1)CC[C@@]1(CCc3c(F)cccc3C1)C2. The number of halogens is 1. The van der Waals surface area contributed by atoms with Crippen molar-refractivity contribution in [3.8, 4) is 6.07 Å². The maximum atomic E-state index is 14.4. The molecule has 2 aliphatic carbocycles. The summed E-state index contributed by atoms with van der Waals surface area (Å²) in [5, 5.41) is 10.2. The smallest absolute Gasteiger partial charge is 0.410 e. The number of hydrogen-bond donors (Lipinski definition) is 0. The van der Waals surface area contributed by atoms with Crippen LogP contribution in [0.3, 0.4) is 0 Å². The number of nitriles is 1. The number of carbonyl (C=O) groups is 1. The fourth-order valence-electron chi connectivity index (χ4n) is 6.27. The quantitative estimate of drug-likeness (QED) is 0.386. The van der Waals surface area contributed by atoms with Crippen molar-refractivity contribution in [2.75, 3.05) is 30.8 Å². The van der Waals surface area contributed by atoms with Crippen LogP contribution in [0.4, 0.5) is 15.0 Å². The van der Waals surface area contributed by atoms with E-state index in [9.17, 15) is 14.4 Å². The molecule has 7 nitrogen and oxygen atoms in total. The van der Waals surface area contributed by atoms with Gasteiger partial charge in [-0.2, -0.15) is 5.26 Å². The highest BCUT2D eigenvalue weighted by molar-refractivity contribution is 7.98. The Labute approximate surface area is 228 Å². The van der Waals surface area contributed by atoms with Gasteiger partial charge in [-0.05, 0) is 88.2 Å². The monoisotopic (exact) mass is 537 g/mol. The summed E-state index contributed by atoms with van der Waals surface area (Å²) in [6.07, 6.45) is 7.22. The molecule has 9 heteroatoms. The summed E-state index contributed by atoms with van der Waals surface area (Å²) in [7, 11) is 0. The van der Waals surface area contributed by atoms with Crippen LogP contribution >= 0.6 is 11.8 Å². The van der Waals surface area contributed by atoms with Crippen molar-refractivity contribution in [2.45, 2.75) is 82.5 Å². The van der Waals surface area contributed by atoms with Crippen LogP contribution in [0.1, 0.15) is 62.4 Å². The first-order chi connectivity index (χ1) is 18.1. The molecule has 0 unspecified atom stereocenters. The van der Waals surface area contributed by atoms with Crippen LogP contribution in [0, 0.1) is 22.6 Å². The van der Waals surface area contributed by atoms with Crippen molar-refractivity contribution < 1.29 is 13.9 Å². The van der Waals surface area contributed by atoms with Crippen LogP contribution in [0.15, 0.2) is 23.4 Å². The molecule has 2 aromatic rings. The van der Waals surface area contributed by atoms with Crippen molar-refractivity contribution >= 4 is 23.7 Å². The first kappa shape index (κ1) is 26.7. The number of fused-ring (bicyclic) bond motifs is 2. The molecule has 202 valence electrons. The molecule has 1 spiro atoms. The molecule has 1 aromatic heterocycles. The van der Waals surface area contributed by atoms with Gasteiger partial charge in [0.05, 0.1) is 24.2 Å². The number of piperazine rings is 1. The summed E-state index contributed by atoms with van der Waals surface area (Å²) in [5.74, 6) is 0.850. The number of benzene rings is 1. The standard InChI is InChI=1S/C29H36FN5O2S/c1-28(2,3)37-27(36)35-15-14-34(18-20(35)10-13-31)25-22-9-12-29(17-24(22)32-26(33-25)38-4)11-8-21-19(16-29)6-5-7-23(21)30/h5-7,20H,8-12,14-18H2,1-4H3/t20-,29+/m0/s1. The summed E-state index contributed by atoms with van der Waals surface area (Å²) in [5.41, 5.74) is 3.79. The second-order valence-corrected chi connectivity index (χ2v) is 12.6. The summed E-state index contributed by atoms with van der Waals surface area (Å²) >= 11 is 1.53. The number of nitrogens with zero attached hydrogens (tertiary/aromatic N) is 5. The zero-order chi connectivity index (χ0) is 27.1. The van der Waals surface area contributed by atoms with E-state index >= 15 is 0 Å². The van der Waals surface area contributed by atoms with Crippen molar-refractivity contribution in [1.29, 1.82) is 5.26 Å². The fraction of sp³-hybridized carbons (Fsp3) is 0.586. The van der Waals surface area contributed by atoms with Crippen LogP contribution in [-0.4, -0.2) is 58.5 Å². The van der Waals surface area contributed by atoms with Gasteiger partial charge >= 0.3 is 6.09 Å². The highest BCUT2D eigenvalue weighted by Gasteiger charge is 2.41. The van der Waals surface area contributed by atoms with Crippen molar-refractivity contribution in [3.63, 3.8) is 0 Å². The first-order valence-electron chi connectivity index (χ1n) is 13.4. The Morgan fingerprint density at radius 3 is 2.68 bits per heavy atom. The lowest BCUT2D eigenvalue weighted by Crippen LogP contribution is -2.56. The van der Waals surface area contributed by atoms with E-state index in [2.05, 4.69) is 17.0 Å². The molecule has 38 heavy (non-hydrogen) atoms. The third kappa shape index (κ3) is 5.33. The number of ether oxygens (including phenoxy) is 1. The molecule has 3 aliphatic rings. The van der Waals surface area contributed by atoms with Crippen LogP contribution in [0.25, 0.3) is 0 Å². The summed E-state index contributed by atoms with van der Waals surface area (Å²) < 4.78 is 20.0. The Hall–Kier alpha value is -2.86. The average molecular weight is 538 g/mol. The van der Waals surface area contributed by atoms with E-state index in [1.165, 1.54) is 17.3 Å². The van der Waals surface area contributed by atoms with E-state index in [1.807, 2.05) is 33.1 Å². The summed E-state index contributed by atoms with van der Waals surface area (Å²) in [6, 6.07) is 7.45. The second-order valence-electron chi connectivity index (χ2n) is 11.8. The Balaban J connectivity index is 1.41. The highest BCUT2D eigenvalue weighted by Crippen LogP contribution is 2.47. The van der Waals surface area contributed by atoms with E-state index in [0.29, 0.717) is 19.6 Å². The van der Waals surface area contributed by atoms with Gasteiger partial charge in [0.2, 0.25) is 0 Å². The molecule has 0 saturated carbocycles. The Kier molecular flexibility index (Phi) is 7.29. The predicted molar refractivity (Wildman–Crippen MR) is 146 cm³/mol. The number of carbonyl (C=O) groups excluding carboxylic acids is 1. The third-order valence-electron chi connectivity index (χ3n) is 8.10. The van der Waals surface area contributed by atoms with Crippen molar-refractivity contribution in [1.82, 2.24) is 14.9 Å². The van der Waals surface area contributed by atoms with Crippen LogP contribution in [0.2, 0.25) is 0 Å². The number of rotatable bonds is 3. The molecule has 0 radical (unpaired) electrons. The Bertz CT molecular complexity index is 1270. The van der Waals surface area contributed by atoms with Crippen molar-refractivity contribution in [2.24, 2.45) is 5.41 Å². The predicted octanol–water partition coefficient (Wildman–Crippen LogP) is 5.34. The van der Waals surface area contributed by atoms with Gasteiger partial charge in [-0.3, -0.25) is 0 Å². The molecule has 1 saturated heterocycles. The van der Waals surface area contributed by atoms with Gasteiger partial charge in [0.15, 0.2) is 5.16 Å². The zero-order valence-electron chi connectivity index (χ0n) is 22.7. The van der Waals surface area contributed by atoms with Gasteiger partial charge in [0.25, 0.3) is 0 Å². The number of thioether (sulfide) groups is 1. The lowest BCUT2D eigenvalue weighted by atomic mass is 9.63. The second kappa shape index (κ2) is 10.4. The zero-order valence-corrected chi connectivity index (χ0v) is 23.5. The lowest BCUT2D eigenvalue weighted by molar-refractivity contribution is 0.0144. The molecule has 5 rings (SSSR count). The van der Waals surface area contributed by atoms with Gasteiger partial charge in [-0.25, -0.2) is 19.2 Å². The molecular weight excluding hydrogens is 501 g/mol.